The number of aliphatic carboxylic acids is 1. The van der Waals surface area contributed by atoms with Gasteiger partial charge in [-0.3, -0.25) is 0 Å². The second-order valence-electron chi connectivity index (χ2n) is 8.88. The van der Waals surface area contributed by atoms with Crippen molar-refractivity contribution in [2.75, 3.05) is 6.61 Å². The molecular formula is C20H34O4. The summed E-state index contributed by atoms with van der Waals surface area (Å²) in [5, 5.41) is 29.3. The van der Waals surface area contributed by atoms with Gasteiger partial charge < -0.3 is 15.3 Å². The molecule has 0 unspecified atom stereocenters. The molecule has 0 heterocycles. The quantitative estimate of drug-likeness (QED) is 0.691. The Morgan fingerprint density at radius 3 is 2.58 bits per heavy atom. The lowest BCUT2D eigenvalue weighted by Crippen LogP contribution is -2.54. The van der Waals surface area contributed by atoms with Crippen molar-refractivity contribution in [3.05, 3.63) is 11.6 Å². The number of hydrogen-bond donors (Lipinski definition) is 3. The van der Waals surface area contributed by atoms with Crippen molar-refractivity contribution in [2.24, 2.45) is 28.6 Å². The number of rotatable bonds is 6. The summed E-state index contributed by atoms with van der Waals surface area (Å²) in [5.74, 6) is -0.0636. The van der Waals surface area contributed by atoms with Gasteiger partial charge in [-0.15, -0.1) is 0 Å². The number of aliphatic hydroxyl groups excluding tert-OH is 2. The van der Waals surface area contributed by atoms with Crippen LogP contribution in [0, 0.1) is 28.6 Å². The first-order valence-electron chi connectivity index (χ1n) is 9.36. The third-order valence-electron chi connectivity index (χ3n) is 7.07. The van der Waals surface area contributed by atoms with Gasteiger partial charge in [0.05, 0.1) is 6.10 Å². The largest absolute Gasteiger partial charge is 0.478 e. The third-order valence-corrected chi connectivity index (χ3v) is 7.07. The summed E-state index contributed by atoms with van der Waals surface area (Å²) >= 11 is 0. The Balaban J connectivity index is 2.30. The van der Waals surface area contributed by atoms with Crippen LogP contribution >= 0.6 is 0 Å². The second-order valence-corrected chi connectivity index (χ2v) is 8.88. The molecule has 0 radical (unpaired) electrons. The van der Waals surface area contributed by atoms with Crippen LogP contribution in [0.15, 0.2) is 11.6 Å². The van der Waals surface area contributed by atoms with Gasteiger partial charge in [0.1, 0.15) is 0 Å². The number of carboxylic acids is 1. The average molecular weight is 338 g/mol. The van der Waals surface area contributed by atoms with Gasteiger partial charge in [-0.1, -0.05) is 40.2 Å². The molecular weight excluding hydrogens is 304 g/mol. The van der Waals surface area contributed by atoms with Crippen LogP contribution in [-0.2, 0) is 4.79 Å². The molecule has 24 heavy (non-hydrogen) atoms. The SMILES string of the molecule is C[C@@H](CCO)CC[C@@H]1C(C(=O)O)=CC[C@@H]2C(C)(C)[C@H](O)CC[C@@]12C. The van der Waals surface area contributed by atoms with Crippen molar-refractivity contribution >= 4 is 5.97 Å². The van der Waals surface area contributed by atoms with Crippen molar-refractivity contribution in [3.8, 4) is 0 Å². The fourth-order valence-corrected chi connectivity index (χ4v) is 5.35. The van der Waals surface area contributed by atoms with Crippen LogP contribution in [0.4, 0.5) is 0 Å². The van der Waals surface area contributed by atoms with E-state index in [9.17, 15) is 15.0 Å². The lowest BCUT2D eigenvalue weighted by molar-refractivity contribution is -0.139. The number of aliphatic hydroxyl groups is 2. The predicted molar refractivity (Wildman–Crippen MR) is 94.5 cm³/mol. The molecule has 4 heteroatoms. The molecule has 0 aromatic heterocycles. The van der Waals surface area contributed by atoms with Gasteiger partial charge in [-0.25, -0.2) is 4.79 Å². The summed E-state index contributed by atoms with van der Waals surface area (Å²) < 4.78 is 0. The van der Waals surface area contributed by atoms with Crippen LogP contribution in [0.25, 0.3) is 0 Å². The van der Waals surface area contributed by atoms with E-state index < -0.39 is 5.97 Å². The number of fused-ring (bicyclic) bond motifs is 1. The smallest absolute Gasteiger partial charge is 0.331 e. The highest BCUT2D eigenvalue weighted by Crippen LogP contribution is 2.60. The van der Waals surface area contributed by atoms with Gasteiger partial charge in [-0.05, 0) is 60.7 Å². The van der Waals surface area contributed by atoms with Crippen molar-refractivity contribution < 1.29 is 20.1 Å². The molecule has 2 rings (SSSR count). The lowest BCUT2D eigenvalue weighted by atomic mass is 9.47. The fraction of sp³-hybridized carbons (Fsp3) is 0.850. The summed E-state index contributed by atoms with van der Waals surface area (Å²) in [7, 11) is 0. The van der Waals surface area contributed by atoms with Crippen molar-refractivity contribution in [3.63, 3.8) is 0 Å². The standard InChI is InChI=1S/C20H34O4/c1-13(10-12-21)5-7-15-14(18(23)24)6-8-16-19(2,3)17(22)9-11-20(15,16)4/h6,13,15-17,21-22H,5,7-12H2,1-4H3,(H,23,24)/t13-,15-,16-,17-,20+/m1/s1. The molecule has 0 amide bonds. The Hall–Kier alpha value is -0.870. The van der Waals surface area contributed by atoms with Gasteiger partial charge in [-0.2, -0.15) is 0 Å². The Bertz CT molecular complexity index is 496. The molecule has 4 nitrogen and oxygen atoms in total. The van der Waals surface area contributed by atoms with Crippen LogP contribution in [0.5, 0.6) is 0 Å². The molecule has 1 fully saturated rings. The summed E-state index contributed by atoms with van der Waals surface area (Å²) in [6, 6.07) is 0. The normalized spacial score (nSPS) is 36.6. The Morgan fingerprint density at radius 1 is 1.33 bits per heavy atom. The van der Waals surface area contributed by atoms with Crippen LogP contribution < -0.4 is 0 Å². The van der Waals surface area contributed by atoms with Crippen molar-refractivity contribution in [1.29, 1.82) is 0 Å². The topological polar surface area (TPSA) is 77.8 Å². The molecule has 3 N–H and O–H groups in total. The van der Waals surface area contributed by atoms with Crippen LogP contribution in [0.3, 0.4) is 0 Å². The van der Waals surface area contributed by atoms with Gasteiger partial charge in [0, 0.05) is 12.2 Å². The first-order chi connectivity index (χ1) is 11.1. The maximum atomic E-state index is 11.8. The monoisotopic (exact) mass is 338 g/mol. The second kappa shape index (κ2) is 7.17. The highest BCUT2D eigenvalue weighted by molar-refractivity contribution is 5.87. The van der Waals surface area contributed by atoms with E-state index in [-0.39, 0.29) is 29.5 Å². The predicted octanol–water partition coefficient (Wildman–Crippen LogP) is 3.62. The summed E-state index contributed by atoms with van der Waals surface area (Å²) in [4.78, 5) is 11.8. The maximum Gasteiger partial charge on any atom is 0.331 e. The zero-order valence-electron chi connectivity index (χ0n) is 15.6. The minimum absolute atomic E-state index is 0.0293. The van der Waals surface area contributed by atoms with Gasteiger partial charge in [0.15, 0.2) is 0 Å². The van der Waals surface area contributed by atoms with E-state index >= 15 is 0 Å². The molecule has 0 spiro atoms. The Kier molecular flexibility index (Phi) is 5.81. The van der Waals surface area contributed by atoms with Gasteiger partial charge in [0.2, 0.25) is 0 Å². The van der Waals surface area contributed by atoms with Crippen LogP contribution in [0.1, 0.15) is 66.2 Å². The minimum Gasteiger partial charge on any atom is -0.478 e. The van der Waals surface area contributed by atoms with Gasteiger partial charge in [0.25, 0.3) is 0 Å². The van der Waals surface area contributed by atoms with E-state index in [0.717, 1.165) is 38.5 Å². The zero-order chi connectivity index (χ0) is 18.1. The summed E-state index contributed by atoms with van der Waals surface area (Å²) in [6.45, 7) is 8.81. The maximum absolute atomic E-state index is 11.8. The minimum atomic E-state index is -0.793. The lowest BCUT2D eigenvalue weighted by Gasteiger charge is -2.58. The summed E-state index contributed by atoms with van der Waals surface area (Å²) in [6.07, 6.45) is 6.51. The Morgan fingerprint density at radius 2 is 2.00 bits per heavy atom. The first kappa shape index (κ1) is 19.5. The molecule has 0 bridgehead atoms. The van der Waals surface area contributed by atoms with Crippen LogP contribution in [0.2, 0.25) is 0 Å². The van der Waals surface area contributed by atoms with E-state index in [1.165, 1.54) is 0 Å². The highest BCUT2D eigenvalue weighted by Gasteiger charge is 2.56. The number of hydrogen-bond acceptors (Lipinski definition) is 3. The van der Waals surface area contributed by atoms with E-state index in [1.807, 2.05) is 6.08 Å². The molecule has 138 valence electrons. The van der Waals surface area contributed by atoms with E-state index in [2.05, 4.69) is 27.7 Å². The highest BCUT2D eigenvalue weighted by atomic mass is 16.4. The summed E-state index contributed by atoms with van der Waals surface area (Å²) in [5.41, 5.74) is 0.296. The number of carbonyl (C=O) groups is 1. The molecule has 0 aromatic rings. The molecule has 5 atom stereocenters. The molecule has 1 saturated carbocycles. The van der Waals surface area contributed by atoms with E-state index in [4.69, 9.17) is 5.11 Å². The molecule has 0 aliphatic heterocycles. The first-order valence-corrected chi connectivity index (χ1v) is 9.36. The fourth-order valence-electron chi connectivity index (χ4n) is 5.35. The van der Waals surface area contributed by atoms with E-state index in [0.29, 0.717) is 17.4 Å². The van der Waals surface area contributed by atoms with E-state index in [1.54, 1.807) is 0 Å². The number of allylic oxidation sites excluding steroid dienone is 1. The molecule has 2 aliphatic rings. The Labute approximate surface area is 146 Å². The molecule has 0 aromatic carbocycles. The number of carboxylic acid groups (broad SMARTS) is 1. The van der Waals surface area contributed by atoms with Crippen molar-refractivity contribution in [2.45, 2.75) is 72.3 Å². The zero-order valence-corrected chi connectivity index (χ0v) is 15.6. The molecule has 2 aliphatic carbocycles. The third kappa shape index (κ3) is 3.41. The average Bonchev–Trinajstić information content (AvgIpc) is 2.49. The van der Waals surface area contributed by atoms with Crippen molar-refractivity contribution in [1.82, 2.24) is 0 Å². The van der Waals surface area contributed by atoms with Gasteiger partial charge >= 0.3 is 5.97 Å². The van der Waals surface area contributed by atoms with Crippen LogP contribution in [-0.4, -0.2) is 34.0 Å². The molecule has 0 saturated heterocycles.